The molecule has 1 aliphatic carbocycles. The molecule has 1 heterocycles. The Hall–Kier alpha value is -9.24. The molecule has 0 spiro atoms. The summed E-state index contributed by atoms with van der Waals surface area (Å²) in [6, 6.07) is 95.6. The lowest BCUT2D eigenvalue weighted by Gasteiger charge is -2.28. The normalized spacial score (nSPS) is 12.4. The van der Waals surface area contributed by atoms with Gasteiger partial charge in [0.1, 0.15) is 0 Å². The standard InChI is InChI=1S/C70H50N2/c1-6-20-49(21-7-1)56-42-57(50-22-8-2-9-23-50)44-58(43-56)53-36-39-62(40-37-53)71(64-47-59(51-24-10-3-11-25-51)45-60(48-64)52-26-12-4-13-27-52)63-32-18-29-55(46-63)65-34-19-35-68-69(65)67-41-38-54-28-16-17-33-66(54)70(67)72(68)61-30-14-5-15-31-61/h1-3,5-12,14-48H,4,13H2. The number of para-hydroxylation sites is 1. The lowest BCUT2D eigenvalue weighted by Crippen LogP contribution is -2.11. The molecule has 0 N–H and O–H groups in total. The molecular weight excluding hydrogens is 869 g/mol. The second-order valence-electron chi connectivity index (χ2n) is 18.8. The predicted molar refractivity (Wildman–Crippen MR) is 307 cm³/mol. The molecule has 2 nitrogen and oxygen atoms in total. The summed E-state index contributed by atoms with van der Waals surface area (Å²) in [5.41, 5.74) is 21.1. The Bertz CT molecular complexity index is 3940. The van der Waals surface area contributed by atoms with E-state index in [9.17, 15) is 0 Å². The first kappa shape index (κ1) is 42.8. The van der Waals surface area contributed by atoms with Crippen molar-refractivity contribution in [2.75, 3.05) is 4.90 Å². The van der Waals surface area contributed by atoms with E-state index in [1.807, 2.05) is 0 Å². The fraction of sp³-hybridized carbons (Fsp3) is 0.0286. The molecule has 1 aromatic heterocycles. The minimum atomic E-state index is 1.03. The van der Waals surface area contributed by atoms with Crippen molar-refractivity contribution >= 4 is 55.2 Å². The molecular formula is C70H50N2. The average Bonchev–Trinajstić information content (AvgIpc) is 3.82. The third-order valence-electron chi connectivity index (χ3n) is 14.3. The third-order valence-corrected chi connectivity index (χ3v) is 14.3. The van der Waals surface area contributed by atoms with E-state index >= 15 is 0 Å². The molecule has 0 saturated heterocycles. The van der Waals surface area contributed by atoms with Gasteiger partial charge in [0.05, 0.1) is 11.0 Å². The molecule has 0 fully saturated rings. The predicted octanol–water partition coefficient (Wildman–Crippen LogP) is 19.5. The fourth-order valence-electron chi connectivity index (χ4n) is 10.9. The number of benzene rings is 11. The Balaban J connectivity index is 1.00. The van der Waals surface area contributed by atoms with Crippen LogP contribution < -0.4 is 4.90 Å². The van der Waals surface area contributed by atoms with Gasteiger partial charge in [-0.15, -0.1) is 0 Å². The van der Waals surface area contributed by atoms with E-state index in [1.54, 1.807) is 0 Å². The van der Waals surface area contributed by atoms with Crippen LogP contribution in [-0.4, -0.2) is 4.57 Å². The van der Waals surface area contributed by atoms with E-state index in [4.69, 9.17) is 0 Å². The molecule has 340 valence electrons. The van der Waals surface area contributed by atoms with Gasteiger partial charge in [0.2, 0.25) is 0 Å². The molecule has 0 bridgehead atoms. The van der Waals surface area contributed by atoms with E-state index in [1.165, 1.54) is 88.2 Å². The smallest absolute Gasteiger partial charge is 0.0619 e. The number of allylic oxidation sites excluding steroid dienone is 4. The van der Waals surface area contributed by atoms with Crippen molar-refractivity contribution < 1.29 is 0 Å². The van der Waals surface area contributed by atoms with Gasteiger partial charge in [0.25, 0.3) is 0 Å². The Kier molecular flexibility index (Phi) is 11.1. The van der Waals surface area contributed by atoms with Gasteiger partial charge >= 0.3 is 0 Å². The van der Waals surface area contributed by atoms with Gasteiger partial charge in [-0.2, -0.15) is 0 Å². The summed E-state index contributed by atoms with van der Waals surface area (Å²) in [5, 5.41) is 4.95. The lowest BCUT2D eigenvalue weighted by molar-refractivity contribution is 1.04. The van der Waals surface area contributed by atoms with E-state index in [0.717, 1.165) is 46.7 Å². The summed E-state index contributed by atoms with van der Waals surface area (Å²) < 4.78 is 2.46. The largest absolute Gasteiger partial charge is 0.310 e. The van der Waals surface area contributed by atoms with Crippen LogP contribution in [0.1, 0.15) is 18.4 Å². The van der Waals surface area contributed by atoms with E-state index < -0.39 is 0 Å². The van der Waals surface area contributed by atoms with Gasteiger partial charge in [-0.1, -0.05) is 200 Å². The molecule has 0 amide bonds. The Labute approximate surface area is 421 Å². The van der Waals surface area contributed by atoms with Gasteiger partial charge in [0.15, 0.2) is 0 Å². The molecule has 0 unspecified atom stereocenters. The SMILES string of the molecule is C1=CC(c2cc(-c3ccccc3)cc(N(c3ccc(-c4cc(-c5ccccc5)cc(-c5ccccc5)c4)cc3)c3cccc(-c4cccc5c4c4ccc6ccccc6c4n5-c4ccccc4)c3)c2)=CCC1. The van der Waals surface area contributed by atoms with E-state index in [0.29, 0.717) is 0 Å². The lowest BCUT2D eigenvalue weighted by atomic mass is 9.93. The zero-order valence-corrected chi connectivity index (χ0v) is 39.9. The van der Waals surface area contributed by atoms with Gasteiger partial charge in [0, 0.05) is 38.9 Å². The van der Waals surface area contributed by atoms with E-state index in [-0.39, 0.29) is 0 Å². The van der Waals surface area contributed by atoms with Gasteiger partial charge in [-0.05, 0) is 164 Å². The van der Waals surface area contributed by atoms with Crippen LogP contribution in [0.5, 0.6) is 0 Å². The van der Waals surface area contributed by atoms with Crippen LogP contribution in [0.2, 0.25) is 0 Å². The maximum Gasteiger partial charge on any atom is 0.0619 e. The monoisotopic (exact) mass is 918 g/mol. The zero-order valence-electron chi connectivity index (χ0n) is 39.9. The molecule has 11 aromatic carbocycles. The zero-order chi connectivity index (χ0) is 47.8. The minimum absolute atomic E-state index is 1.03. The third kappa shape index (κ3) is 7.99. The first-order valence-electron chi connectivity index (χ1n) is 25.1. The molecule has 1 aliphatic rings. The summed E-state index contributed by atoms with van der Waals surface area (Å²) in [6.07, 6.45) is 9.08. The van der Waals surface area contributed by atoms with Gasteiger partial charge in [-0.3, -0.25) is 0 Å². The number of aromatic nitrogens is 1. The summed E-state index contributed by atoms with van der Waals surface area (Å²) in [5.74, 6) is 0. The first-order valence-corrected chi connectivity index (χ1v) is 25.1. The second-order valence-corrected chi connectivity index (χ2v) is 18.8. The summed E-state index contributed by atoms with van der Waals surface area (Å²) in [7, 11) is 0. The number of anilines is 3. The number of hydrogen-bond donors (Lipinski definition) is 0. The topological polar surface area (TPSA) is 8.17 Å². The molecule has 0 aliphatic heterocycles. The molecule has 12 aromatic rings. The molecule has 2 heteroatoms. The van der Waals surface area contributed by atoms with Crippen LogP contribution in [0.25, 0.3) is 99.5 Å². The minimum Gasteiger partial charge on any atom is -0.310 e. The van der Waals surface area contributed by atoms with Crippen molar-refractivity contribution in [2.45, 2.75) is 12.8 Å². The van der Waals surface area contributed by atoms with Crippen LogP contribution in [0.4, 0.5) is 17.1 Å². The quantitative estimate of drug-likeness (QED) is 0.133. The highest BCUT2D eigenvalue weighted by atomic mass is 15.1. The van der Waals surface area contributed by atoms with Crippen molar-refractivity contribution in [1.82, 2.24) is 4.57 Å². The van der Waals surface area contributed by atoms with Gasteiger partial charge in [-0.25, -0.2) is 0 Å². The van der Waals surface area contributed by atoms with Gasteiger partial charge < -0.3 is 9.47 Å². The van der Waals surface area contributed by atoms with Crippen LogP contribution in [0, 0.1) is 0 Å². The Morgan fingerprint density at radius 3 is 1.53 bits per heavy atom. The maximum atomic E-state index is 2.46. The number of hydrogen-bond acceptors (Lipinski definition) is 1. The van der Waals surface area contributed by atoms with Crippen molar-refractivity contribution in [3.8, 4) is 61.3 Å². The van der Waals surface area contributed by atoms with Crippen LogP contribution in [-0.2, 0) is 0 Å². The van der Waals surface area contributed by atoms with Crippen molar-refractivity contribution in [1.29, 1.82) is 0 Å². The Morgan fingerprint density at radius 2 is 0.875 bits per heavy atom. The molecule has 0 saturated carbocycles. The van der Waals surface area contributed by atoms with Crippen molar-refractivity contribution in [3.63, 3.8) is 0 Å². The van der Waals surface area contributed by atoms with Crippen LogP contribution >= 0.6 is 0 Å². The summed E-state index contributed by atoms with van der Waals surface area (Å²) >= 11 is 0. The Morgan fingerprint density at radius 1 is 0.333 bits per heavy atom. The van der Waals surface area contributed by atoms with Crippen molar-refractivity contribution in [3.05, 3.63) is 285 Å². The molecule has 0 radical (unpaired) electrons. The van der Waals surface area contributed by atoms with E-state index in [2.05, 4.69) is 289 Å². The molecule has 13 rings (SSSR count). The molecule has 72 heavy (non-hydrogen) atoms. The maximum absolute atomic E-state index is 2.46. The fourth-order valence-corrected chi connectivity index (χ4v) is 10.9. The number of fused-ring (bicyclic) bond motifs is 5. The molecule has 0 atom stereocenters. The van der Waals surface area contributed by atoms with Crippen molar-refractivity contribution in [2.24, 2.45) is 0 Å². The first-order chi connectivity index (χ1) is 35.7. The highest BCUT2D eigenvalue weighted by molar-refractivity contribution is 6.22. The average molecular weight is 919 g/mol. The van der Waals surface area contributed by atoms with Crippen LogP contribution in [0.15, 0.2) is 279 Å². The second kappa shape index (κ2) is 18.6. The number of nitrogens with zero attached hydrogens (tertiary/aromatic N) is 2. The highest BCUT2D eigenvalue weighted by Crippen LogP contribution is 2.45. The highest BCUT2D eigenvalue weighted by Gasteiger charge is 2.21. The summed E-state index contributed by atoms with van der Waals surface area (Å²) in [6.45, 7) is 0. The van der Waals surface area contributed by atoms with Crippen LogP contribution in [0.3, 0.4) is 0 Å². The summed E-state index contributed by atoms with van der Waals surface area (Å²) in [4.78, 5) is 2.45. The number of rotatable bonds is 10.